The Labute approximate surface area is 111 Å². The summed E-state index contributed by atoms with van der Waals surface area (Å²) in [7, 11) is 0. The monoisotopic (exact) mass is 271 g/mol. The van der Waals surface area contributed by atoms with Gasteiger partial charge in [0.2, 0.25) is 0 Å². The third kappa shape index (κ3) is 3.68. The van der Waals surface area contributed by atoms with Crippen LogP contribution in [0.4, 0.5) is 4.39 Å². The molecule has 3 nitrogen and oxygen atoms in total. The number of ether oxygens (including phenoxy) is 1. The Morgan fingerprint density at radius 3 is 3.06 bits per heavy atom. The van der Waals surface area contributed by atoms with Gasteiger partial charge in [-0.25, -0.2) is 4.39 Å². The van der Waals surface area contributed by atoms with Gasteiger partial charge < -0.3 is 9.84 Å². The predicted molar refractivity (Wildman–Crippen MR) is 70.4 cm³/mol. The van der Waals surface area contributed by atoms with Crippen molar-refractivity contribution in [3.63, 3.8) is 0 Å². The molecule has 1 N–H and O–H groups in total. The van der Waals surface area contributed by atoms with E-state index in [0.29, 0.717) is 18.1 Å². The van der Waals surface area contributed by atoms with Crippen LogP contribution in [0.25, 0.3) is 0 Å². The average molecular weight is 271 g/mol. The third-order valence-electron chi connectivity index (χ3n) is 3.03. The first-order valence-electron chi connectivity index (χ1n) is 6.11. The van der Waals surface area contributed by atoms with E-state index in [-0.39, 0.29) is 18.5 Å². The van der Waals surface area contributed by atoms with Crippen molar-refractivity contribution in [3.05, 3.63) is 30.1 Å². The summed E-state index contributed by atoms with van der Waals surface area (Å²) in [5, 5.41) is 9.23. The summed E-state index contributed by atoms with van der Waals surface area (Å²) in [4.78, 5) is 2.89. The standard InChI is InChI=1S/C13H18FNO2S/c14-12-3-1-2-4-13(12)18-8-6-15-5-7-17-10-11(15)9-16/h1-4,11,16H,5-10H2. The fourth-order valence-corrected chi connectivity index (χ4v) is 2.91. The zero-order chi connectivity index (χ0) is 12.8. The Hall–Kier alpha value is -0.620. The quantitative estimate of drug-likeness (QED) is 0.825. The summed E-state index contributed by atoms with van der Waals surface area (Å²) < 4.78 is 18.7. The van der Waals surface area contributed by atoms with Gasteiger partial charge in [0.1, 0.15) is 5.82 Å². The van der Waals surface area contributed by atoms with Crippen molar-refractivity contribution in [2.75, 3.05) is 38.7 Å². The number of hydrogen-bond donors (Lipinski definition) is 1. The van der Waals surface area contributed by atoms with Crippen LogP contribution in [-0.2, 0) is 4.74 Å². The van der Waals surface area contributed by atoms with E-state index in [9.17, 15) is 9.50 Å². The average Bonchev–Trinajstić information content (AvgIpc) is 2.41. The first kappa shape index (κ1) is 13.8. The van der Waals surface area contributed by atoms with Crippen LogP contribution in [-0.4, -0.2) is 54.7 Å². The van der Waals surface area contributed by atoms with E-state index in [4.69, 9.17) is 4.74 Å². The van der Waals surface area contributed by atoms with E-state index in [1.807, 2.05) is 6.07 Å². The number of aliphatic hydroxyl groups excluding tert-OH is 1. The lowest BCUT2D eigenvalue weighted by Crippen LogP contribution is -2.48. The topological polar surface area (TPSA) is 32.7 Å². The molecular weight excluding hydrogens is 253 g/mol. The summed E-state index contributed by atoms with van der Waals surface area (Å²) in [6.45, 7) is 3.09. The molecule has 5 heteroatoms. The molecule has 1 saturated heterocycles. The van der Waals surface area contributed by atoms with Crippen LogP contribution < -0.4 is 0 Å². The molecule has 0 aromatic heterocycles. The van der Waals surface area contributed by atoms with Crippen molar-refractivity contribution in [2.24, 2.45) is 0 Å². The minimum atomic E-state index is -0.164. The van der Waals surface area contributed by atoms with Gasteiger partial charge >= 0.3 is 0 Å². The summed E-state index contributed by atoms with van der Waals surface area (Å²) in [6, 6.07) is 6.90. The Bertz CT molecular complexity index is 378. The minimum Gasteiger partial charge on any atom is -0.395 e. The Morgan fingerprint density at radius 2 is 2.28 bits per heavy atom. The van der Waals surface area contributed by atoms with Gasteiger partial charge in [-0.2, -0.15) is 0 Å². The van der Waals surface area contributed by atoms with E-state index in [1.54, 1.807) is 12.1 Å². The normalized spacial score (nSPS) is 21.1. The van der Waals surface area contributed by atoms with E-state index in [0.717, 1.165) is 18.8 Å². The van der Waals surface area contributed by atoms with Gasteiger partial charge in [0, 0.05) is 23.7 Å². The number of benzene rings is 1. The van der Waals surface area contributed by atoms with Gasteiger partial charge in [0.15, 0.2) is 0 Å². The van der Waals surface area contributed by atoms with E-state index in [1.165, 1.54) is 17.8 Å². The molecule has 1 aliphatic heterocycles. The summed E-state index contributed by atoms with van der Waals surface area (Å²) >= 11 is 1.51. The first-order chi connectivity index (χ1) is 8.81. The van der Waals surface area contributed by atoms with Crippen LogP contribution >= 0.6 is 11.8 Å². The van der Waals surface area contributed by atoms with Crippen molar-refractivity contribution in [3.8, 4) is 0 Å². The van der Waals surface area contributed by atoms with E-state index >= 15 is 0 Å². The fraction of sp³-hybridized carbons (Fsp3) is 0.538. The maximum Gasteiger partial charge on any atom is 0.136 e. The Morgan fingerprint density at radius 1 is 1.44 bits per heavy atom. The first-order valence-corrected chi connectivity index (χ1v) is 7.10. The van der Waals surface area contributed by atoms with Crippen LogP contribution in [0.5, 0.6) is 0 Å². The van der Waals surface area contributed by atoms with E-state index in [2.05, 4.69) is 4.90 Å². The van der Waals surface area contributed by atoms with Gasteiger partial charge in [0.05, 0.1) is 25.9 Å². The molecule has 0 spiro atoms. The smallest absolute Gasteiger partial charge is 0.136 e. The number of nitrogens with zero attached hydrogens (tertiary/aromatic N) is 1. The van der Waals surface area contributed by atoms with Crippen molar-refractivity contribution >= 4 is 11.8 Å². The molecule has 1 aromatic rings. The molecule has 1 aromatic carbocycles. The van der Waals surface area contributed by atoms with Gasteiger partial charge in [0.25, 0.3) is 0 Å². The lowest BCUT2D eigenvalue weighted by atomic mass is 10.2. The maximum absolute atomic E-state index is 13.4. The second kappa shape index (κ2) is 7.09. The molecule has 1 heterocycles. The molecule has 0 saturated carbocycles. The van der Waals surface area contributed by atoms with Crippen LogP contribution in [0.15, 0.2) is 29.2 Å². The fourth-order valence-electron chi connectivity index (χ4n) is 1.99. The van der Waals surface area contributed by atoms with Crippen molar-refractivity contribution in [2.45, 2.75) is 10.9 Å². The number of morpholine rings is 1. The minimum absolute atomic E-state index is 0.0833. The van der Waals surface area contributed by atoms with Crippen LogP contribution in [0.1, 0.15) is 0 Å². The van der Waals surface area contributed by atoms with Crippen LogP contribution in [0.3, 0.4) is 0 Å². The number of halogens is 1. The Kier molecular flexibility index (Phi) is 5.44. The molecule has 0 bridgehead atoms. The summed E-state index contributed by atoms with van der Waals surface area (Å²) in [5.74, 6) is 0.653. The predicted octanol–water partition coefficient (Wildman–Crippen LogP) is 1.61. The summed E-state index contributed by atoms with van der Waals surface area (Å²) in [6.07, 6.45) is 0. The molecule has 100 valence electrons. The number of rotatable bonds is 5. The highest BCUT2D eigenvalue weighted by Crippen LogP contribution is 2.21. The molecule has 0 amide bonds. The number of aliphatic hydroxyl groups is 1. The van der Waals surface area contributed by atoms with Gasteiger partial charge in [-0.1, -0.05) is 12.1 Å². The lowest BCUT2D eigenvalue weighted by molar-refractivity contribution is -0.0243. The molecule has 0 radical (unpaired) electrons. The largest absolute Gasteiger partial charge is 0.395 e. The zero-order valence-corrected chi connectivity index (χ0v) is 11.0. The molecular formula is C13H18FNO2S. The molecule has 1 aliphatic rings. The van der Waals surface area contributed by atoms with E-state index < -0.39 is 0 Å². The third-order valence-corrected chi connectivity index (χ3v) is 4.06. The van der Waals surface area contributed by atoms with Crippen molar-refractivity contribution in [1.82, 2.24) is 4.90 Å². The molecule has 18 heavy (non-hydrogen) atoms. The SMILES string of the molecule is OCC1COCCN1CCSc1ccccc1F. The van der Waals surface area contributed by atoms with Gasteiger partial charge in [-0.3, -0.25) is 4.90 Å². The molecule has 1 fully saturated rings. The zero-order valence-electron chi connectivity index (χ0n) is 10.2. The number of hydrogen-bond acceptors (Lipinski definition) is 4. The highest BCUT2D eigenvalue weighted by Gasteiger charge is 2.21. The highest BCUT2D eigenvalue weighted by molar-refractivity contribution is 7.99. The molecule has 0 aliphatic carbocycles. The van der Waals surface area contributed by atoms with Crippen LogP contribution in [0, 0.1) is 5.82 Å². The molecule has 2 rings (SSSR count). The van der Waals surface area contributed by atoms with Gasteiger partial charge in [-0.15, -0.1) is 11.8 Å². The second-order valence-corrected chi connectivity index (χ2v) is 5.36. The Balaban J connectivity index is 1.79. The van der Waals surface area contributed by atoms with Crippen LogP contribution in [0.2, 0.25) is 0 Å². The number of thioether (sulfide) groups is 1. The van der Waals surface area contributed by atoms with Crippen molar-refractivity contribution < 1.29 is 14.2 Å². The summed E-state index contributed by atoms with van der Waals surface area (Å²) in [5.41, 5.74) is 0. The maximum atomic E-state index is 13.4. The molecule has 1 atom stereocenters. The van der Waals surface area contributed by atoms with Crippen molar-refractivity contribution in [1.29, 1.82) is 0 Å². The molecule has 1 unspecified atom stereocenters. The van der Waals surface area contributed by atoms with Gasteiger partial charge in [-0.05, 0) is 12.1 Å². The second-order valence-electron chi connectivity index (χ2n) is 4.23. The lowest BCUT2D eigenvalue weighted by Gasteiger charge is -2.34. The highest BCUT2D eigenvalue weighted by atomic mass is 32.2.